The van der Waals surface area contributed by atoms with Crippen LogP contribution < -0.4 is 0 Å². The van der Waals surface area contributed by atoms with Crippen LogP contribution in [0.1, 0.15) is 15.9 Å². The summed E-state index contributed by atoms with van der Waals surface area (Å²) in [6, 6.07) is 9.23. The maximum absolute atomic E-state index is 11.9. The molecule has 2 rings (SSSR count). The van der Waals surface area contributed by atoms with E-state index in [0.29, 0.717) is 5.02 Å². The van der Waals surface area contributed by atoms with E-state index in [9.17, 15) is 20.1 Å². The number of hydrogen-bond donors (Lipinski definition) is 3. The van der Waals surface area contributed by atoms with Gasteiger partial charge in [0.05, 0.1) is 5.56 Å². The molecule has 0 bridgehead atoms. The van der Waals surface area contributed by atoms with Crippen molar-refractivity contribution in [3.05, 3.63) is 58.6 Å². The normalized spacial score (nSPS) is 10.8. The monoisotopic (exact) mass is 290 g/mol. The van der Waals surface area contributed by atoms with E-state index in [4.69, 9.17) is 11.6 Å². The summed E-state index contributed by atoms with van der Waals surface area (Å²) in [6.07, 6.45) is 2.82. The van der Waals surface area contributed by atoms with E-state index in [1.54, 1.807) is 30.3 Å². The number of phenolic OH excluding ortho intramolecular Hbond substituents is 3. The molecule has 2 aromatic carbocycles. The fraction of sp³-hybridized carbons (Fsp3) is 0. The van der Waals surface area contributed by atoms with Crippen molar-refractivity contribution in [3.8, 4) is 17.2 Å². The third kappa shape index (κ3) is 2.92. The van der Waals surface area contributed by atoms with Crippen LogP contribution >= 0.6 is 11.6 Å². The number of hydrogen-bond acceptors (Lipinski definition) is 4. The second kappa shape index (κ2) is 5.67. The first-order valence-electron chi connectivity index (χ1n) is 5.71. The van der Waals surface area contributed by atoms with Crippen molar-refractivity contribution in [3.63, 3.8) is 0 Å². The summed E-state index contributed by atoms with van der Waals surface area (Å²) in [6.45, 7) is 0. The van der Waals surface area contributed by atoms with Gasteiger partial charge in [-0.2, -0.15) is 0 Å². The fourth-order valence-corrected chi connectivity index (χ4v) is 1.73. The molecule has 0 aliphatic carbocycles. The quantitative estimate of drug-likeness (QED) is 0.460. The maximum atomic E-state index is 11.9. The molecule has 5 heteroatoms. The van der Waals surface area contributed by atoms with E-state index in [2.05, 4.69) is 0 Å². The van der Waals surface area contributed by atoms with Gasteiger partial charge in [0.2, 0.25) is 5.75 Å². The minimum Gasteiger partial charge on any atom is -0.504 e. The lowest BCUT2D eigenvalue weighted by molar-refractivity contribution is 0.104. The first-order chi connectivity index (χ1) is 9.49. The molecule has 0 aliphatic rings. The molecule has 102 valence electrons. The average molecular weight is 291 g/mol. The van der Waals surface area contributed by atoms with Crippen molar-refractivity contribution in [2.45, 2.75) is 0 Å². The van der Waals surface area contributed by atoms with Gasteiger partial charge < -0.3 is 15.3 Å². The molecule has 0 aliphatic heterocycles. The molecular weight excluding hydrogens is 280 g/mol. The highest BCUT2D eigenvalue weighted by Gasteiger charge is 2.15. The predicted octanol–water partition coefficient (Wildman–Crippen LogP) is 3.35. The predicted molar refractivity (Wildman–Crippen MR) is 76.3 cm³/mol. The van der Waals surface area contributed by atoms with E-state index < -0.39 is 23.0 Å². The van der Waals surface area contributed by atoms with Crippen LogP contribution in [0.5, 0.6) is 17.2 Å². The zero-order chi connectivity index (χ0) is 14.7. The Kier molecular flexibility index (Phi) is 3.96. The molecule has 2 aromatic rings. The second-order valence-corrected chi connectivity index (χ2v) is 4.52. The molecule has 0 saturated heterocycles. The molecule has 0 amide bonds. The topological polar surface area (TPSA) is 77.8 Å². The Hall–Kier alpha value is -2.46. The highest BCUT2D eigenvalue weighted by atomic mass is 35.5. The zero-order valence-corrected chi connectivity index (χ0v) is 11.0. The lowest BCUT2D eigenvalue weighted by Crippen LogP contribution is -1.95. The van der Waals surface area contributed by atoms with Gasteiger partial charge >= 0.3 is 0 Å². The molecule has 0 saturated carbocycles. The highest BCUT2D eigenvalue weighted by molar-refractivity contribution is 6.30. The van der Waals surface area contributed by atoms with Gasteiger partial charge in [0.15, 0.2) is 17.3 Å². The molecule has 3 N–H and O–H groups in total. The summed E-state index contributed by atoms with van der Waals surface area (Å²) in [5.74, 6) is -2.33. The molecule has 4 nitrogen and oxygen atoms in total. The van der Waals surface area contributed by atoms with Gasteiger partial charge in [-0.15, -0.1) is 0 Å². The zero-order valence-electron chi connectivity index (χ0n) is 10.2. The first kappa shape index (κ1) is 14.0. The van der Waals surface area contributed by atoms with Gasteiger partial charge in [-0.25, -0.2) is 0 Å². The fourth-order valence-electron chi connectivity index (χ4n) is 1.60. The van der Waals surface area contributed by atoms with Crippen LogP contribution in [0.25, 0.3) is 6.08 Å². The molecule has 0 heterocycles. The number of carbonyl (C=O) groups excluding carboxylic acids is 1. The van der Waals surface area contributed by atoms with Crippen molar-refractivity contribution in [2.75, 3.05) is 0 Å². The summed E-state index contributed by atoms with van der Waals surface area (Å²) in [5, 5.41) is 28.7. The molecule has 0 aromatic heterocycles. The van der Waals surface area contributed by atoms with E-state index in [1.165, 1.54) is 12.1 Å². The van der Waals surface area contributed by atoms with E-state index in [0.717, 1.165) is 11.6 Å². The minimum absolute atomic E-state index is 0.0921. The summed E-state index contributed by atoms with van der Waals surface area (Å²) in [7, 11) is 0. The van der Waals surface area contributed by atoms with Gasteiger partial charge in [-0.05, 0) is 35.9 Å². The van der Waals surface area contributed by atoms with Crippen molar-refractivity contribution >= 4 is 23.5 Å². The molecule has 0 atom stereocenters. The van der Waals surface area contributed by atoms with Crippen LogP contribution in [-0.2, 0) is 0 Å². The van der Waals surface area contributed by atoms with E-state index in [-0.39, 0.29) is 5.56 Å². The molecule has 20 heavy (non-hydrogen) atoms. The third-order valence-corrected chi connectivity index (χ3v) is 2.94. The number of ketones is 1. The van der Waals surface area contributed by atoms with Gasteiger partial charge in [-0.1, -0.05) is 29.8 Å². The van der Waals surface area contributed by atoms with Crippen LogP contribution in [0, 0.1) is 0 Å². The second-order valence-electron chi connectivity index (χ2n) is 4.08. The summed E-state index contributed by atoms with van der Waals surface area (Å²) in [5.41, 5.74) is 0.677. The number of aromatic hydroxyl groups is 3. The van der Waals surface area contributed by atoms with Crippen LogP contribution in [0.3, 0.4) is 0 Å². The number of allylic oxidation sites excluding steroid dienone is 1. The van der Waals surface area contributed by atoms with Gasteiger partial charge in [0, 0.05) is 5.02 Å². The van der Waals surface area contributed by atoms with Gasteiger partial charge in [0.1, 0.15) is 0 Å². The number of halogens is 1. The van der Waals surface area contributed by atoms with Crippen molar-refractivity contribution in [1.82, 2.24) is 0 Å². The van der Waals surface area contributed by atoms with E-state index in [1.807, 2.05) is 0 Å². The average Bonchev–Trinajstić information content (AvgIpc) is 2.44. The number of rotatable bonds is 3. The number of carbonyl (C=O) groups is 1. The Morgan fingerprint density at radius 3 is 2.25 bits per heavy atom. The molecule has 0 spiro atoms. The van der Waals surface area contributed by atoms with Crippen LogP contribution in [0.2, 0.25) is 5.02 Å². The van der Waals surface area contributed by atoms with Crippen LogP contribution in [0.4, 0.5) is 0 Å². The smallest absolute Gasteiger partial charge is 0.201 e. The molecule has 0 unspecified atom stereocenters. The Morgan fingerprint density at radius 1 is 0.950 bits per heavy atom. The van der Waals surface area contributed by atoms with Crippen molar-refractivity contribution in [2.24, 2.45) is 0 Å². The highest BCUT2D eigenvalue weighted by Crippen LogP contribution is 2.37. The Labute approximate surface area is 120 Å². The SMILES string of the molecule is O=C(C=Cc1ccc(Cl)cc1)c1ccc(O)c(O)c1O. The first-order valence-corrected chi connectivity index (χ1v) is 6.08. The minimum atomic E-state index is -0.712. The number of phenols is 3. The van der Waals surface area contributed by atoms with E-state index >= 15 is 0 Å². The van der Waals surface area contributed by atoms with Gasteiger partial charge in [-0.3, -0.25) is 4.79 Å². The standard InChI is InChI=1S/C15H11ClO4/c16-10-4-1-9(2-5-10)3-7-12(17)11-6-8-13(18)15(20)14(11)19/h1-8,18-20H. The molecule has 0 radical (unpaired) electrons. The van der Waals surface area contributed by atoms with Gasteiger partial charge in [0.25, 0.3) is 0 Å². The Balaban J connectivity index is 2.24. The Morgan fingerprint density at radius 2 is 1.60 bits per heavy atom. The summed E-state index contributed by atoms with van der Waals surface area (Å²) >= 11 is 5.75. The summed E-state index contributed by atoms with van der Waals surface area (Å²) in [4.78, 5) is 11.9. The lowest BCUT2D eigenvalue weighted by Gasteiger charge is -2.04. The molecular formula is C15H11ClO4. The third-order valence-electron chi connectivity index (χ3n) is 2.69. The maximum Gasteiger partial charge on any atom is 0.201 e. The number of benzene rings is 2. The van der Waals surface area contributed by atoms with Crippen molar-refractivity contribution in [1.29, 1.82) is 0 Å². The van der Waals surface area contributed by atoms with Crippen LogP contribution in [-0.4, -0.2) is 21.1 Å². The summed E-state index contributed by atoms with van der Waals surface area (Å²) < 4.78 is 0. The largest absolute Gasteiger partial charge is 0.504 e. The van der Waals surface area contributed by atoms with Crippen LogP contribution in [0.15, 0.2) is 42.5 Å². The lowest BCUT2D eigenvalue weighted by atomic mass is 10.1. The van der Waals surface area contributed by atoms with Crippen molar-refractivity contribution < 1.29 is 20.1 Å². The Bertz CT molecular complexity index is 675. The molecule has 0 fully saturated rings.